The molecule has 100 valence electrons. The van der Waals surface area contributed by atoms with Crippen molar-refractivity contribution in [3.05, 3.63) is 32.2 Å². The molecule has 0 saturated carbocycles. The molecule has 2 heterocycles. The molecule has 2 rings (SSSR count). The van der Waals surface area contributed by atoms with Gasteiger partial charge in [-0.3, -0.25) is 4.79 Å². The van der Waals surface area contributed by atoms with Gasteiger partial charge in [-0.05, 0) is 6.92 Å². The molecular weight excluding hydrogens is 286 g/mol. The van der Waals surface area contributed by atoms with Gasteiger partial charge >= 0.3 is 5.97 Å². The van der Waals surface area contributed by atoms with E-state index in [1.54, 1.807) is 0 Å². The van der Waals surface area contributed by atoms with Crippen molar-refractivity contribution in [3.8, 4) is 0 Å². The lowest BCUT2D eigenvalue weighted by atomic mass is 10.3. The number of hydrogen-bond donors (Lipinski definition) is 2. The van der Waals surface area contributed by atoms with E-state index in [-0.39, 0.29) is 24.6 Å². The van der Waals surface area contributed by atoms with Crippen molar-refractivity contribution in [3.63, 3.8) is 0 Å². The third-order valence-electron chi connectivity index (χ3n) is 2.22. The minimum Gasteiger partial charge on any atom is -0.476 e. The Hall–Kier alpha value is -1.80. The van der Waals surface area contributed by atoms with Crippen molar-refractivity contribution in [1.29, 1.82) is 0 Å². The summed E-state index contributed by atoms with van der Waals surface area (Å²) in [5.74, 6) is -1.22. The Morgan fingerprint density at radius 1 is 1.32 bits per heavy atom. The standard InChI is InChI=1S/C11H11N3O3S2/c1-6-13-7(4-18-6)2-9(15)12-3-10-14-8(5-19-10)11(16)17/h4-5H,2-3H2,1H3,(H,12,15)(H,16,17). The molecule has 19 heavy (non-hydrogen) atoms. The molecule has 2 N–H and O–H groups in total. The van der Waals surface area contributed by atoms with Gasteiger partial charge in [0, 0.05) is 10.8 Å². The van der Waals surface area contributed by atoms with E-state index >= 15 is 0 Å². The second kappa shape index (κ2) is 5.89. The molecule has 0 radical (unpaired) electrons. The van der Waals surface area contributed by atoms with Gasteiger partial charge in [0.1, 0.15) is 5.01 Å². The van der Waals surface area contributed by atoms with Crippen molar-refractivity contribution < 1.29 is 14.7 Å². The smallest absolute Gasteiger partial charge is 0.355 e. The highest BCUT2D eigenvalue weighted by Gasteiger charge is 2.10. The fourth-order valence-corrected chi connectivity index (χ4v) is 2.70. The van der Waals surface area contributed by atoms with Crippen LogP contribution in [-0.4, -0.2) is 27.0 Å². The van der Waals surface area contributed by atoms with Crippen molar-refractivity contribution in [2.45, 2.75) is 19.9 Å². The average Bonchev–Trinajstić information content (AvgIpc) is 2.96. The van der Waals surface area contributed by atoms with Crippen molar-refractivity contribution in [2.75, 3.05) is 0 Å². The fraction of sp³-hybridized carbons (Fsp3) is 0.273. The van der Waals surface area contributed by atoms with Crippen LogP contribution in [0.15, 0.2) is 10.8 Å². The van der Waals surface area contributed by atoms with Gasteiger partial charge in [0.15, 0.2) is 5.69 Å². The molecule has 0 saturated heterocycles. The highest BCUT2D eigenvalue weighted by Crippen LogP contribution is 2.10. The number of amides is 1. The molecule has 6 nitrogen and oxygen atoms in total. The zero-order valence-corrected chi connectivity index (χ0v) is 11.7. The predicted octanol–water partition coefficient (Wildman–Crippen LogP) is 1.47. The van der Waals surface area contributed by atoms with E-state index in [2.05, 4.69) is 15.3 Å². The minimum atomic E-state index is -1.06. The molecule has 2 aromatic heterocycles. The maximum atomic E-state index is 11.6. The first-order valence-electron chi connectivity index (χ1n) is 5.40. The van der Waals surface area contributed by atoms with Crippen LogP contribution in [0.25, 0.3) is 0 Å². The zero-order valence-electron chi connectivity index (χ0n) is 10.0. The number of aromatic nitrogens is 2. The molecule has 8 heteroatoms. The van der Waals surface area contributed by atoms with E-state index in [9.17, 15) is 9.59 Å². The number of carbonyl (C=O) groups is 2. The molecule has 0 aliphatic carbocycles. The van der Waals surface area contributed by atoms with E-state index in [4.69, 9.17) is 5.11 Å². The maximum Gasteiger partial charge on any atom is 0.355 e. The lowest BCUT2D eigenvalue weighted by Crippen LogP contribution is -2.24. The topological polar surface area (TPSA) is 92.2 Å². The summed E-state index contributed by atoms with van der Waals surface area (Å²) in [6.45, 7) is 2.12. The first-order chi connectivity index (χ1) is 9.04. The molecule has 0 aliphatic rings. The van der Waals surface area contributed by atoms with Gasteiger partial charge in [-0.2, -0.15) is 0 Å². The maximum absolute atomic E-state index is 11.6. The van der Waals surface area contributed by atoms with Crippen LogP contribution in [0.1, 0.15) is 26.2 Å². The Morgan fingerprint density at radius 2 is 2.11 bits per heavy atom. The number of carboxylic acids is 1. The van der Waals surface area contributed by atoms with Gasteiger partial charge < -0.3 is 10.4 Å². The number of rotatable bonds is 5. The number of aromatic carboxylic acids is 1. The quantitative estimate of drug-likeness (QED) is 0.871. The summed E-state index contributed by atoms with van der Waals surface area (Å²) in [4.78, 5) is 30.4. The Balaban J connectivity index is 1.84. The highest BCUT2D eigenvalue weighted by atomic mass is 32.1. The first-order valence-corrected chi connectivity index (χ1v) is 7.16. The first kappa shape index (κ1) is 13.6. The summed E-state index contributed by atoms with van der Waals surface area (Å²) >= 11 is 2.71. The normalized spacial score (nSPS) is 10.4. The van der Waals surface area contributed by atoms with E-state index < -0.39 is 5.97 Å². The number of hydrogen-bond acceptors (Lipinski definition) is 6. The Morgan fingerprint density at radius 3 is 2.68 bits per heavy atom. The summed E-state index contributed by atoms with van der Waals surface area (Å²) in [6.07, 6.45) is 0.224. The largest absolute Gasteiger partial charge is 0.476 e. The van der Waals surface area contributed by atoms with Gasteiger partial charge in [-0.1, -0.05) is 0 Å². The highest BCUT2D eigenvalue weighted by molar-refractivity contribution is 7.10. The van der Waals surface area contributed by atoms with Gasteiger partial charge in [0.05, 0.1) is 23.7 Å². The van der Waals surface area contributed by atoms with Crippen LogP contribution in [0, 0.1) is 6.92 Å². The minimum absolute atomic E-state index is 0.00405. The van der Waals surface area contributed by atoms with Crippen LogP contribution >= 0.6 is 22.7 Å². The molecule has 0 fully saturated rings. The summed E-state index contributed by atoms with van der Waals surface area (Å²) in [6, 6.07) is 0. The number of carboxylic acid groups (broad SMARTS) is 1. The molecule has 0 aliphatic heterocycles. The Kier molecular flexibility index (Phi) is 4.23. The number of nitrogens with one attached hydrogen (secondary N) is 1. The number of carbonyl (C=O) groups excluding carboxylic acids is 1. The molecule has 0 atom stereocenters. The molecule has 2 aromatic rings. The Labute approximate surface area is 117 Å². The van der Waals surface area contributed by atoms with E-state index in [1.165, 1.54) is 28.1 Å². The molecule has 0 aromatic carbocycles. The van der Waals surface area contributed by atoms with E-state index in [0.717, 1.165) is 10.7 Å². The van der Waals surface area contributed by atoms with Crippen molar-refractivity contribution in [2.24, 2.45) is 0 Å². The third-order valence-corrected chi connectivity index (χ3v) is 3.89. The number of thiazole rings is 2. The van der Waals surface area contributed by atoms with Crippen molar-refractivity contribution in [1.82, 2.24) is 15.3 Å². The second-order valence-corrected chi connectivity index (χ2v) is 5.75. The van der Waals surface area contributed by atoms with Gasteiger partial charge in [-0.25, -0.2) is 14.8 Å². The van der Waals surface area contributed by atoms with Gasteiger partial charge in [0.25, 0.3) is 0 Å². The van der Waals surface area contributed by atoms with E-state index in [0.29, 0.717) is 5.01 Å². The lowest BCUT2D eigenvalue weighted by Gasteiger charge is -2.00. The summed E-state index contributed by atoms with van der Waals surface area (Å²) in [5, 5.41) is 16.2. The third kappa shape index (κ3) is 3.83. The fourth-order valence-electron chi connectivity index (χ4n) is 1.38. The molecule has 1 amide bonds. The van der Waals surface area contributed by atoms with Crippen LogP contribution in [0.5, 0.6) is 0 Å². The van der Waals surface area contributed by atoms with Crippen LogP contribution in [0.3, 0.4) is 0 Å². The van der Waals surface area contributed by atoms with E-state index in [1.807, 2.05) is 12.3 Å². The van der Waals surface area contributed by atoms with Gasteiger partial charge in [-0.15, -0.1) is 22.7 Å². The summed E-state index contributed by atoms with van der Waals surface area (Å²) in [5.41, 5.74) is 0.745. The lowest BCUT2D eigenvalue weighted by molar-refractivity contribution is -0.120. The van der Waals surface area contributed by atoms with Crippen LogP contribution in [0.4, 0.5) is 0 Å². The average molecular weight is 297 g/mol. The predicted molar refractivity (Wildman–Crippen MR) is 71.5 cm³/mol. The van der Waals surface area contributed by atoms with Crippen LogP contribution in [0.2, 0.25) is 0 Å². The van der Waals surface area contributed by atoms with Crippen LogP contribution in [-0.2, 0) is 17.8 Å². The zero-order chi connectivity index (χ0) is 13.8. The van der Waals surface area contributed by atoms with Gasteiger partial charge in [0.2, 0.25) is 5.91 Å². The second-order valence-electron chi connectivity index (χ2n) is 3.74. The number of nitrogens with zero attached hydrogens (tertiary/aromatic N) is 2. The summed E-state index contributed by atoms with van der Waals surface area (Å²) < 4.78 is 0. The number of aryl methyl sites for hydroxylation is 1. The van der Waals surface area contributed by atoms with Crippen LogP contribution < -0.4 is 5.32 Å². The molecule has 0 unspecified atom stereocenters. The monoisotopic (exact) mass is 297 g/mol. The molecule has 0 bridgehead atoms. The summed E-state index contributed by atoms with van der Waals surface area (Å²) in [7, 11) is 0. The van der Waals surface area contributed by atoms with Crippen molar-refractivity contribution >= 4 is 34.6 Å². The molecular formula is C11H11N3O3S2. The SMILES string of the molecule is Cc1nc(CC(=O)NCc2nc(C(=O)O)cs2)cs1. The molecule has 0 spiro atoms. The Bertz CT molecular complexity index is 606.